The van der Waals surface area contributed by atoms with E-state index in [0.717, 1.165) is 18.7 Å². The molecule has 1 heterocycles. The zero-order valence-electron chi connectivity index (χ0n) is 11.5. The second-order valence-electron chi connectivity index (χ2n) is 5.67. The highest BCUT2D eigenvalue weighted by atomic mass is 16.3. The maximum Gasteiger partial charge on any atom is 0.108 e. The van der Waals surface area contributed by atoms with Crippen LogP contribution in [0.2, 0.25) is 0 Å². The molecule has 18 heavy (non-hydrogen) atoms. The van der Waals surface area contributed by atoms with Crippen LogP contribution in [0, 0.1) is 5.92 Å². The number of imidazole rings is 1. The molecule has 1 atom stereocenters. The Labute approximate surface area is 110 Å². The maximum atomic E-state index is 10.3. The first-order chi connectivity index (χ1) is 8.77. The van der Waals surface area contributed by atoms with Crippen molar-refractivity contribution in [2.75, 3.05) is 0 Å². The van der Waals surface area contributed by atoms with Crippen molar-refractivity contribution in [1.82, 2.24) is 9.55 Å². The van der Waals surface area contributed by atoms with Crippen LogP contribution in [-0.2, 0) is 13.5 Å². The molecule has 0 spiro atoms. The van der Waals surface area contributed by atoms with E-state index in [9.17, 15) is 5.11 Å². The molecule has 1 aromatic rings. The van der Waals surface area contributed by atoms with Crippen molar-refractivity contribution < 1.29 is 5.11 Å². The summed E-state index contributed by atoms with van der Waals surface area (Å²) >= 11 is 0. The van der Waals surface area contributed by atoms with Gasteiger partial charge >= 0.3 is 0 Å². The van der Waals surface area contributed by atoms with Crippen LogP contribution in [0.4, 0.5) is 0 Å². The third-order valence-electron chi connectivity index (χ3n) is 4.28. The second-order valence-corrected chi connectivity index (χ2v) is 5.67. The minimum atomic E-state index is -0.139. The molecule has 1 fully saturated rings. The lowest BCUT2D eigenvalue weighted by Gasteiger charge is -2.24. The smallest absolute Gasteiger partial charge is 0.108 e. The van der Waals surface area contributed by atoms with Gasteiger partial charge in [-0.3, -0.25) is 0 Å². The van der Waals surface area contributed by atoms with E-state index >= 15 is 0 Å². The highest BCUT2D eigenvalue weighted by Crippen LogP contribution is 2.26. The van der Waals surface area contributed by atoms with E-state index in [1.54, 1.807) is 0 Å². The fraction of sp³-hybridized carbons (Fsp3) is 0.800. The standard InChI is InChI=1S/C15H26N2O/c1-17-12-11-16-15(17)10-9-14(18)13-7-5-3-2-4-6-8-13/h11-14,18H,2-10H2,1H3. The van der Waals surface area contributed by atoms with Crippen LogP contribution < -0.4 is 0 Å². The predicted octanol–water partition coefficient (Wildman–Crippen LogP) is 3.07. The van der Waals surface area contributed by atoms with Crippen molar-refractivity contribution in [3.8, 4) is 0 Å². The SMILES string of the molecule is Cn1ccnc1CCC(O)C1CCCCCCC1. The van der Waals surface area contributed by atoms with Crippen LogP contribution >= 0.6 is 0 Å². The van der Waals surface area contributed by atoms with E-state index in [1.807, 2.05) is 24.0 Å². The van der Waals surface area contributed by atoms with Gasteiger partial charge in [0.2, 0.25) is 0 Å². The van der Waals surface area contributed by atoms with E-state index in [2.05, 4.69) is 4.98 Å². The molecule has 1 N–H and O–H groups in total. The lowest BCUT2D eigenvalue weighted by molar-refractivity contribution is 0.0829. The Hall–Kier alpha value is -0.830. The van der Waals surface area contributed by atoms with Gasteiger partial charge in [0.15, 0.2) is 0 Å². The van der Waals surface area contributed by atoms with Crippen LogP contribution in [0.3, 0.4) is 0 Å². The molecule has 3 heteroatoms. The molecule has 3 nitrogen and oxygen atoms in total. The normalized spacial score (nSPS) is 20.3. The average molecular weight is 250 g/mol. The summed E-state index contributed by atoms with van der Waals surface area (Å²) in [7, 11) is 2.02. The van der Waals surface area contributed by atoms with Gasteiger partial charge in [-0.15, -0.1) is 0 Å². The molecule has 0 radical (unpaired) electrons. The van der Waals surface area contributed by atoms with Crippen molar-refractivity contribution in [2.24, 2.45) is 13.0 Å². The van der Waals surface area contributed by atoms with Crippen LogP contribution in [0.5, 0.6) is 0 Å². The monoisotopic (exact) mass is 250 g/mol. The molecule has 0 bridgehead atoms. The number of hydrogen-bond acceptors (Lipinski definition) is 2. The van der Waals surface area contributed by atoms with Crippen molar-refractivity contribution in [3.63, 3.8) is 0 Å². The molecule has 1 unspecified atom stereocenters. The number of rotatable bonds is 4. The minimum Gasteiger partial charge on any atom is -0.393 e. The average Bonchev–Trinajstić information content (AvgIpc) is 2.71. The van der Waals surface area contributed by atoms with E-state index in [0.29, 0.717) is 5.92 Å². The third-order valence-corrected chi connectivity index (χ3v) is 4.28. The van der Waals surface area contributed by atoms with Gasteiger partial charge in [-0.05, 0) is 25.2 Å². The summed E-state index contributed by atoms with van der Waals surface area (Å²) < 4.78 is 2.05. The second kappa shape index (κ2) is 6.93. The molecule has 2 rings (SSSR count). The summed E-state index contributed by atoms with van der Waals surface area (Å²) in [6.45, 7) is 0. The zero-order chi connectivity index (χ0) is 12.8. The quantitative estimate of drug-likeness (QED) is 0.891. The third kappa shape index (κ3) is 3.84. The van der Waals surface area contributed by atoms with Gasteiger partial charge in [0.1, 0.15) is 5.82 Å². The van der Waals surface area contributed by atoms with Crippen molar-refractivity contribution in [1.29, 1.82) is 0 Å². The summed E-state index contributed by atoms with van der Waals surface area (Å²) in [5.74, 6) is 1.60. The molecule has 0 aromatic carbocycles. The first-order valence-corrected chi connectivity index (χ1v) is 7.41. The van der Waals surface area contributed by atoms with E-state index in [1.165, 1.54) is 44.9 Å². The van der Waals surface area contributed by atoms with Crippen LogP contribution in [-0.4, -0.2) is 20.8 Å². The molecule has 102 valence electrons. The lowest BCUT2D eigenvalue weighted by atomic mass is 9.85. The van der Waals surface area contributed by atoms with Crippen molar-refractivity contribution in [2.45, 2.75) is 63.9 Å². The van der Waals surface area contributed by atoms with Crippen molar-refractivity contribution >= 4 is 0 Å². The fourth-order valence-electron chi connectivity index (χ4n) is 3.02. The molecular weight excluding hydrogens is 224 g/mol. The number of nitrogens with zero attached hydrogens (tertiary/aromatic N) is 2. The van der Waals surface area contributed by atoms with Crippen molar-refractivity contribution in [3.05, 3.63) is 18.2 Å². The Balaban J connectivity index is 1.79. The maximum absolute atomic E-state index is 10.3. The number of aliphatic hydroxyl groups is 1. The summed E-state index contributed by atoms with van der Waals surface area (Å²) in [5.41, 5.74) is 0. The molecule has 1 aliphatic rings. The fourth-order valence-corrected chi connectivity index (χ4v) is 3.02. The molecule has 0 saturated heterocycles. The van der Waals surface area contributed by atoms with E-state index in [4.69, 9.17) is 0 Å². The van der Waals surface area contributed by atoms with Gasteiger partial charge < -0.3 is 9.67 Å². The zero-order valence-corrected chi connectivity index (χ0v) is 11.5. The Morgan fingerprint density at radius 3 is 2.56 bits per heavy atom. The molecule has 0 aliphatic heterocycles. The summed E-state index contributed by atoms with van der Waals surface area (Å²) in [4.78, 5) is 4.32. The Morgan fingerprint density at radius 2 is 1.94 bits per heavy atom. The largest absolute Gasteiger partial charge is 0.393 e. The Kier molecular flexibility index (Phi) is 5.24. The first kappa shape index (κ1) is 13.6. The molecular formula is C15H26N2O. The number of hydrogen-bond donors (Lipinski definition) is 1. The lowest BCUT2D eigenvalue weighted by Crippen LogP contribution is -2.22. The molecule has 1 aliphatic carbocycles. The van der Waals surface area contributed by atoms with Gasteiger partial charge in [-0.2, -0.15) is 0 Å². The molecule has 1 saturated carbocycles. The summed E-state index contributed by atoms with van der Waals surface area (Å²) in [5, 5.41) is 10.3. The number of aliphatic hydroxyl groups excluding tert-OH is 1. The van der Waals surface area contributed by atoms with Gasteiger partial charge in [0, 0.05) is 25.9 Å². The van der Waals surface area contributed by atoms with Crippen LogP contribution in [0.25, 0.3) is 0 Å². The van der Waals surface area contributed by atoms with E-state index in [-0.39, 0.29) is 6.10 Å². The van der Waals surface area contributed by atoms with Crippen LogP contribution in [0.1, 0.15) is 57.2 Å². The molecule has 1 aromatic heterocycles. The number of aromatic nitrogens is 2. The summed E-state index contributed by atoms with van der Waals surface area (Å²) in [6, 6.07) is 0. The highest BCUT2D eigenvalue weighted by Gasteiger charge is 2.20. The number of aryl methyl sites for hydroxylation is 2. The van der Waals surface area contributed by atoms with Gasteiger partial charge in [0.25, 0.3) is 0 Å². The van der Waals surface area contributed by atoms with Crippen LogP contribution in [0.15, 0.2) is 12.4 Å². The van der Waals surface area contributed by atoms with Gasteiger partial charge in [0.05, 0.1) is 6.10 Å². The molecule has 0 amide bonds. The Morgan fingerprint density at radius 1 is 1.28 bits per heavy atom. The minimum absolute atomic E-state index is 0.139. The Bertz CT molecular complexity index is 340. The first-order valence-electron chi connectivity index (χ1n) is 7.41. The van der Waals surface area contributed by atoms with Gasteiger partial charge in [-0.25, -0.2) is 4.98 Å². The van der Waals surface area contributed by atoms with Gasteiger partial charge in [-0.1, -0.05) is 32.1 Å². The van der Waals surface area contributed by atoms with E-state index < -0.39 is 0 Å². The summed E-state index contributed by atoms with van der Waals surface area (Å²) in [6.07, 6.45) is 14.5. The predicted molar refractivity (Wildman–Crippen MR) is 73.3 cm³/mol. The topological polar surface area (TPSA) is 38.0 Å². The highest BCUT2D eigenvalue weighted by molar-refractivity contribution is 4.92.